The van der Waals surface area contributed by atoms with Crippen LogP contribution in [0.15, 0.2) is 17.3 Å². The zero-order chi connectivity index (χ0) is 7.14. The summed E-state index contributed by atoms with van der Waals surface area (Å²) in [7, 11) is 0. The van der Waals surface area contributed by atoms with Crippen molar-refractivity contribution in [2.75, 3.05) is 0 Å². The summed E-state index contributed by atoms with van der Waals surface area (Å²) in [6.45, 7) is 3.58. The fourth-order valence-corrected chi connectivity index (χ4v) is 1.71. The molecule has 0 aliphatic carbocycles. The van der Waals surface area contributed by atoms with E-state index >= 15 is 0 Å². The summed E-state index contributed by atoms with van der Waals surface area (Å²) < 4.78 is 4.74. The number of ether oxygens (including phenoxy) is 1. The van der Waals surface area contributed by atoms with Crippen LogP contribution in [0.1, 0.15) is 15.9 Å². The van der Waals surface area contributed by atoms with Crippen LogP contribution in [0.25, 0.3) is 5.76 Å². The Labute approximate surface area is 61.7 Å². The van der Waals surface area contributed by atoms with E-state index in [1.54, 1.807) is 5.38 Å². The van der Waals surface area contributed by atoms with E-state index in [1.165, 1.54) is 11.3 Å². The average Bonchev–Trinajstić information content (AvgIpc) is 2.39. The summed E-state index contributed by atoms with van der Waals surface area (Å²) in [4.78, 5) is 10.9. The van der Waals surface area contributed by atoms with Gasteiger partial charge in [-0.2, -0.15) is 11.3 Å². The van der Waals surface area contributed by atoms with Gasteiger partial charge in [-0.15, -0.1) is 0 Å². The van der Waals surface area contributed by atoms with Crippen LogP contribution < -0.4 is 0 Å². The summed E-state index contributed by atoms with van der Waals surface area (Å²) in [5.41, 5.74) is 1.49. The lowest BCUT2D eigenvalue weighted by molar-refractivity contribution is 0.0716. The molecule has 1 aromatic rings. The predicted octanol–water partition coefficient (Wildman–Crippen LogP) is 1.89. The molecule has 0 atom stereocenters. The highest BCUT2D eigenvalue weighted by atomic mass is 32.1. The molecule has 1 aliphatic heterocycles. The van der Waals surface area contributed by atoms with E-state index in [0.29, 0.717) is 11.3 Å². The van der Waals surface area contributed by atoms with Crippen LogP contribution in [-0.2, 0) is 4.74 Å². The first-order valence-electron chi connectivity index (χ1n) is 2.76. The molecular weight excluding hydrogens is 148 g/mol. The smallest absolute Gasteiger partial charge is 0.345 e. The lowest BCUT2D eigenvalue weighted by Gasteiger charge is -1.89. The average molecular weight is 152 g/mol. The van der Waals surface area contributed by atoms with E-state index in [4.69, 9.17) is 4.74 Å². The SMILES string of the molecule is C=C1OC(=O)c2cscc21. The Bertz CT molecular complexity index is 283. The number of fused-ring (bicyclic) bond motifs is 1. The topological polar surface area (TPSA) is 26.3 Å². The number of esters is 1. The molecule has 0 fully saturated rings. The standard InChI is InChI=1S/C7H4O2S/c1-4-5-2-10-3-6(5)7(8)9-4/h2-3H,1H2. The summed E-state index contributed by atoms with van der Waals surface area (Å²) in [6.07, 6.45) is 0. The molecule has 2 heterocycles. The number of rotatable bonds is 0. The van der Waals surface area contributed by atoms with Crippen LogP contribution in [0.3, 0.4) is 0 Å². The lowest BCUT2D eigenvalue weighted by atomic mass is 10.2. The second-order valence-corrected chi connectivity index (χ2v) is 2.76. The third-order valence-corrected chi connectivity index (χ3v) is 2.14. The molecule has 0 saturated heterocycles. The lowest BCUT2D eigenvalue weighted by Crippen LogP contribution is -1.90. The third-order valence-electron chi connectivity index (χ3n) is 1.40. The first-order valence-corrected chi connectivity index (χ1v) is 3.71. The van der Waals surface area contributed by atoms with Gasteiger partial charge in [0.15, 0.2) is 0 Å². The van der Waals surface area contributed by atoms with Gasteiger partial charge in [0.2, 0.25) is 0 Å². The molecule has 3 heteroatoms. The molecule has 2 nitrogen and oxygen atoms in total. The number of hydrogen-bond acceptors (Lipinski definition) is 3. The van der Waals surface area contributed by atoms with Gasteiger partial charge in [-0.25, -0.2) is 4.79 Å². The normalized spacial score (nSPS) is 15.2. The van der Waals surface area contributed by atoms with Crippen molar-refractivity contribution in [3.05, 3.63) is 28.5 Å². The molecule has 0 N–H and O–H groups in total. The molecule has 0 aromatic carbocycles. The molecule has 0 radical (unpaired) electrons. The molecule has 0 bridgehead atoms. The van der Waals surface area contributed by atoms with Gasteiger partial charge in [0.25, 0.3) is 0 Å². The minimum absolute atomic E-state index is 0.277. The summed E-state index contributed by atoms with van der Waals surface area (Å²) in [5, 5.41) is 3.64. The van der Waals surface area contributed by atoms with Crippen molar-refractivity contribution in [1.29, 1.82) is 0 Å². The van der Waals surface area contributed by atoms with Crippen LogP contribution in [0, 0.1) is 0 Å². The quantitative estimate of drug-likeness (QED) is 0.530. The molecule has 10 heavy (non-hydrogen) atoms. The Morgan fingerprint density at radius 3 is 2.80 bits per heavy atom. The maximum atomic E-state index is 10.9. The van der Waals surface area contributed by atoms with Crippen LogP contribution in [0.4, 0.5) is 0 Å². The van der Waals surface area contributed by atoms with Crippen molar-refractivity contribution in [2.24, 2.45) is 0 Å². The number of carbonyl (C=O) groups is 1. The van der Waals surface area contributed by atoms with Crippen LogP contribution in [0.2, 0.25) is 0 Å². The molecular formula is C7H4O2S. The minimum Gasteiger partial charge on any atom is -0.423 e. The van der Waals surface area contributed by atoms with E-state index in [-0.39, 0.29) is 5.97 Å². The van der Waals surface area contributed by atoms with Gasteiger partial charge in [0.05, 0.1) is 5.56 Å². The fraction of sp³-hybridized carbons (Fsp3) is 0. The van der Waals surface area contributed by atoms with Crippen LogP contribution in [0.5, 0.6) is 0 Å². The summed E-state index contributed by atoms with van der Waals surface area (Å²) >= 11 is 1.49. The Morgan fingerprint density at radius 1 is 1.40 bits per heavy atom. The van der Waals surface area contributed by atoms with Crippen molar-refractivity contribution < 1.29 is 9.53 Å². The van der Waals surface area contributed by atoms with E-state index < -0.39 is 0 Å². The summed E-state index contributed by atoms with van der Waals surface area (Å²) in [5.74, 6) is 0.197. The van der Waals surface area contributed by atoms with Crippen molar-refractivity contribution in [2.45, 2.75) is 0 Å². The van der Waals surface area contributed by atoms with E-state index in [1.807, 2.05) is 5.38 Å². The number of hydrogen-bond donors (Lipinski definition) is 0. The van der Waals surface area contributed by atoms with Gasteiger partial charge in [0.1, 0.15) is 5.76 Å². The predicted molar refractivity (Wildman–Crippen MR) is 38.8 cm³/mol. The van der Waals surface area contributed by atoms with Gasteiger partial charge in [-0.3, -0.25) is 0 Å². The Kier molecular flexibility index (Phi) is 0.964. The maximum absolute atomic E-state index is 10.9. The third kappa shape index (κ3) is 0.552. The number of carbonyl (C=O) groups excluding carboxylic acids is 1. The molecule has 50 valence electrons. The summed E-state index contributed by atoms with van der Waals surface area (Å²) in [6, 6.07) is 0. The van der Waals surface area contributed by atoms with Gasteiger partial charge in [-0.05, 0) is 0 Å². The zero-order valence-electron chi connectivity index (χ0n) is 5.09. The van der Waals surface area contributed by atoms with Gasteiger partial charge < -0.3 is 4.74 Å². The highest BCUT2D eigenvalue weighted by Crippen LogP contribution is 2.30. The molecule has 0 unspecified atom stereocenters. The van der Waals surface area contributed by atoms with E-state index in [9.17, 15) is 4.79 Å². The minimum atomic E-state index is -0.277. The molecule has 1 aliphatic rings. The Morgan fingerprint density at radius 2 is 2.10 bits per heavy atom. The van der Waals surface area contributed by atoms with Crippen molar-refractivity contribution in [1.82, 2.24) is 0 Å². The van der Waals surface area contributed by atoms with Gasteiger partial charge in [0, 0.05) is 16.3 Å². The number of cyclic esters (lactones) is 1. The molecule has 0 saturated carbocycles. The van der Waals surface area contributed by atoms with Gasteiger partial charge in [-0.1, -0.05) is 6.58 Å². The van der Waals surface area contributed by atoms with E-state index in [0.717, 1.165) is 5.56 Å². The maximum Gasteiger partial charge on any atom is 0.345 e. The van der Waals surface area contributed by atoms with Crippen molar-refractivity contribution in [3.63, 3.8) is 0 Å². The first kappa shape index (κ1) is 5.68. The van der Waals surface area contributed by atoms with Gasteiger partial charge >= 0.3 is 5.97 Å². The molecule has 0 spiro atoms. The zero-order valence-corrected chi connectivity index (χ0v) is 5.90. The van der Waals surface area contributed by atoms with Crippen molar-refractivity contribution in [3.8, 4) is 0 Å². The second-order valence-electron chi connectivity index (χ2n) is 2.01. The Hall–Kier alpha value is -1.09. The number of thiophene rings is 1. The first-order chi connectivity index (χ1) is 4.79. The van der Waals surface area contributed by atoms with Crippen LogP contribution in [-0.4, -0.2) is 5.97 Å². The van der Waals surface area contributed by atoms with Crippen molar-refractivity contribution >= 4 is 23.1 Å². The van der Waals surface area contributed by atoms with Crippen LogP contribution >= 0.6 is 11.3 Å². The highest BCUT2D eigenvalue weighted by Gasteiger charge is 2.25. The molecule has 0 amide bonds. The highest BCUT2D eigenvalue weighted by molar-refractivity contribution is 7.08. The fourth-order valence-electron chi connectivity index (χ4n) is 0.893. The monoisotopic (exact) mass is 152 g/mol. The largest absolute Gasteiger partial charge is 0.423 e. The van der Waals surface area contributed by atoms with E-state index in [2.05, 4.69) is 6.58 Å². The molecule has 2 rings (SSSR count). The molecule has 1 aromatic heterocycles. The Balaban J connectivity index is 2.69. The second kappa shape index (κ2) is 1.70.